The van der Waals surface area contributed by atoms with Crippen LogP contribution in [-0.2, 0) is 6.42 Å². The molecule has 6 heteroatoms. The zero-order valence-corrected chi connectivity index (χ0v) is 14.7. The molecule has 0 radical (unpaired) electrons. The smallest absolute Gasteiger partial charge is 0.228 e. The van der Waals surface area contributed by atoms with Crippen molar-refractivity contribution in [3.8, 4) is 11.4 Å². The van der Waals surface area contributed by atoms with Gasteiger partial charge in [0.15, 0.2) is 0 Å². The average Bonchev–Trinajstić information content (AvgIpc) is 3.08. The van der Waals surface area contributed by atoms with Crippen molar-refractivity contribution in [2.75, 3.05) is 18.0 Å². The van der Waals surface area contributed by atoms with Crippen LogP contribution in [0.25, 0.3) is 11.4 Å². The summed E-state index contributed by atoms with van der Waals surface area (Å²) in [5.74, 6) is 1.08. The Labute approximate surface area is 151 Å². The van der Waals surface area contributed by atoms with Crippen LogP contribution in [0.5, 0.6) is 0 Å². The highest BCUT2D eigenvalue weighted by Crippen LogP contribution is 2.20. The molecule has 0 aliphatic heterocycles. The van der Waals surface area contributed by atoms with Gasteiger partial charge in [0.2, 0.25) is 11.7 Å². The van der Waals surface area contributed by atoms with E-state index in [0.29, 0.717) is 36.2 Å². The maximum absolute atomic E-state index is 9.75. The molecule has 1 unspecified atom stereocenters. The fourth-order valence-corrected chi connectivity index (χ4v) is 2.81. The quantitative estimate of drug-likeness (QED) is 0.696. The van der Waals surface area contributed by atoms with Crippen LogP contribution in [0.3, 0.4) is 0 Å². The van der Waals surface area contributed by atoms with Gasteiger partial charge in [0.05, 0.1) is 6.10 Å². The van der Waals surface area contributed by atoms with Crippen molar-refractivity contribution in [1.29, 1.82) is 0 Å². The first-order valence-corrected chi connectivity index (χ1v) is 8.56. The van der Waals surface area contributed by atoms with Crippen molar-refractivity contribution in [3.05, 3.63) is 65.5 Å². The molecule has 25 heavy (non-hydrogen) atoms. The lowest BCUT2D eigenvalue weighted by molar-refractivity contribution is 0.199. The van der Waals surface area contributed by atoms with Crippen molar-refractivity contribution in [3.63, 3.8) is 0 Å². The largest absolute Gasteiger partial charge is 0.392 e. The second-order valence-corrected chi connectivity index (χ2v) is 6.34. The normalized spacial score (nSPS) is 12.1. The van der Waals surface area contributed by atoms with Crippen LogP contribution in [0.1, 0.15) is 12.8 Å². The van der Waals surface area contributed by atoms with E-state index >= 15 is 0 Å². The molecule has 5 nitrogen and oxygen atoms in total. The third-order valence-corrected chi connectivity index (χ3v) is 3.99. The molecular weight excluding hydrogens is 338 g/mol. The highest BCUT2D eigenvalue weighted by Gasteiger charge is 2.13. The van der Waals surface area contributed by atoms with E-state index in [4.69, 9.17) is 16.1 Å². The first-order valence-electron chi connectivity index (χ1n) is 8.18. The van der Waals surface area contributed by atoms with Crippen molar-refractivity contribution in [2.45, 2.75) is 19.4 Å². The van der Waals surface area contributed by atoms with Gasteiger partial charge in [0.1, 0.15) is 0 Å². The van der Waals surface area contributed by atoms with Crippen molar-refractivity contribution in [2.24, 2.45) is 0 Å². The Morgan fingerprint density at radius 3 is 2.68 bits per heavy atom. The van der Waals surface area contributed by atoms with Crippen LogP contribution in [0, 0.1) is 0 Å². The molecule has 0 saturated heterocycles. The number of aromatic nitrogens is 2. The van der Waals surface area contributed by atoms with Crippen LogP contribution < -0.4 is 4.90 Å². The molecule has 1 atom stereocenters. The number of nitrogens with zero attached hydrogens (tertiary/aromatic N) is 3. The lowest BCUT2D eigenvalue weighted by Crippen LogP contribution is -2.32. The summed E-state index contributed by atoms with van der Waals surface area (Å²) in [7, 11) is 0. The Morgan fingerprint density at radius 1 is 1.16 bits per heavy atom. The standard InChI is InChI=1S/C19H20ClN3O2/c1-14(24)13-23(17-8-3-2-4-9-17)11-10-18-21-19(22-25-18)15-6-5-7-16(20)12-15/h2-9,12,14,24H,10-11,13H2,1H3. The molecule has 130 valence electrons. The number of halogens is 1. The third-order valence-electron chi connectivity index (χ3n) is 3.75. The fourth-order valence-electron chi connectivity index (χ4n) is 2.62. The van der Waals surface area contributed by atoms with E-state index in [1.165, 1.54) is 0 Å². The maximum Gasteiger partial charge on any atom is 0.228 e. The topological polar surface area (TPSA) is 62.4 Å². The van der Waals surface area contributed by atoms with E-state index in [9.17, 15) is 5.11 Å². The van der Waals surface area contributed by atoms with E-state index in [2.05, 4.69) is 15.0 Å². The molecule has 0 fully saturated rings. The van der Waals surface area contributed by atoms with Crippen LogP contribution in [-0.4, -0.2) is 34.4 Å². The molecule has 2 aromatic carbocycles. The lowest BCUT2D eigenvalue weighted by Gasteiger charge is -2.25. The summed E-state index contributed by atoms with van der Waals surface area (Å²) in [4.78, 5) is 6.55. The molecule has 0 bridgehead atoms. The van der Waals surface area contributed by atoms with Gasteiger partial charge in [0.25, 0.3) is 0 Å². The van der Waals surface area contributed by atoms with Crippen LogP contribution >= 0.6 is 11.6 Å². The molecule has 0 aliphatic rings. The van der Waals surface area contributed by atoms with E-state index in [1.54, 1.807) is 19.1 Å². The van der Waals surface area contributed by atoms with Gasteiger partial charge in [-0.25, -0.2) is 0 Å². The van der Waals surface area contributed by atoms with E-state index in [-0.39, 0.29) is 0 Å². The zero-order valence-electron chi connectivity index (χ0n) is 14.0. The Morgan fingerprint density at radius 2 is 1.96 bits per heavy atom. The van der Waals surface area contributed by atoms with Crippen LogP contribution in [0.15, 0.2) is 59.1 Å². The molecule has 3 rings (SSSR count). The zero-order chi connectivity index (χ0) is 17.6. The second-order valence-electron chi connectivity index (χ2n) is 5.90. The number of benzene rings is 2. The first-order chi connectivity index (χ1) is 12.1. The first kappa shape index (κ1) is 17.5. The van der Waals surface area contributed by atoms with Gasteiger partial charge in [0, 0.05) is 35.8 Å². The fraction of sp³-hybridized carbons (Fsp3) is 0.263. The highest BCUT2D eigenvalue weighted by molar-refractivity contribution is 6.30. The predicted octanol–water partition coefficient (Wildman–Crippen LogP) is 3.82. The molecule has 1 N–H and O–H groups in total. The number of para-hydroxylation sites is 1. The van der Waals surface area contributed by atoms with Gasteiger partial charge in [-0.3, -0.25) is 0 Å². The number of rotatable bonds is 7. The maximum atomic E-state index is 9.75. The van der Waals surface area contributed by atoms with Gasteiger partial charge < -0.3 is 14.5 Å². The molecule has 0 spiro atoms. The van der Waals surface area contributed by atoms with Crippen molar-refractivity contribution < 1.29 is 9.63 Å². The van der Waals surface area contributed by atoms with E-state index in [1.807, 2.05) is 42.5 Å². The SMILES string of the molecule is CC(O)CN(CCc1nc(-c2cccc(Cl)c2)no1)c1ccccc1. The van der Waals surface area contributed by atoms with Gasteiger partial charge >= 0.3 is 0 Å². The Bertz CT molecular complexity index is 805. The van der Waals surface area contributed by atoms with Crippen LogP contribution in [0.4, 0.5) is 5.69 Å². The van der Waals surface area contributed by atoms with Gasteiger partial charge in [-0.05, 0) is 31.2 Å². The minimum Gasteiger partial charge on any atom is -0.392 e. The molecule has 1 heterocycles. The monoisotopic (exact) mass is 357 g/mol. The minimum atomic E-state index is -0.426. The van der Waals surface area contributed by atoms with Crippen LogP contribution in [0.2, 0.25) is 5.02 Å². The summed E-state index contributed by atoms with van der Waals surface area (Å²) >= 11 is 6.00. The summed E-state index contributed by atoms with van der Waals surface area (Å²) in [5.41, 5.74) is 1.88. The molecule has 0 saturated carbocycles. The molecule has 1 aromatic heterocycles. The van der Waals surface area contributed by atoms with Gasteiger partial charge in [-0.15, -0.1) is 0 Å². The van der Waals surface area contributed by atoms with Gasteiger partial charge in [-0.1, -0.05) is 47.1 Å². The summed E-state index contributed by atoms with van der Waals surface area (Å²) < 4.78 is 5.36. The summed E-state index contributed by atoms with van der Waals surface area (Å²) in [6.45, 7) is 2.99. The predicted molar refractivity (Wildman–Crippen MR) is 98.8 cm³/mol. The number of hydrogen-bond acceptors (Lipinski definition) is 5. The molecule has 0 aliphatic carbocycles. The second kappa shape index (κ2) is 8.14. The van der Waals surface area contributed by atoms with E-state index in [0.717, 1.165) is 11.3 Å². The molecule has 0 amide bonds. The Hall–Kier alpha value is -2.37. The number of hydrogen-bond donors (Lipinski definition) is 1. The van der Waals surface area contributed by atoms with Gasteiger partial charge in [-0.2, -0.15) is 4.98 Å². The average molecular weight is 358 g/mol. The highest BCUT2D eigenvalue weighted by atomic mass is 35.5. The number of aliphatic hydroxyl groups excluding tert-OH is 1. The third kappa shape index (κ3) is 4.81. The van der Waals surface area contributed by atoms with Crippen molar-refractivity contribution >= 4 is 17.3 Å². The number of anilines is 1. The van der Waals surface area contributed by atoms with E-state index < -0.39 is 6.10 Å². The Balaban J connectivity index is 1.69. The lowest BCUT2D eigenvalue weighted by atomic mass is 10.2. The molecule has 3 aromatic rings. The summed E-state index contributed by atoms with van der Waals surface area (Å²) in [6, 6.07) is 17.3. The molecular formula is C19H20ClN3O2. The minimum absolute atomic E-state index is 0.426. The Kier molecular flexibility index (Phi) is 5.68. The van der Waals surface area contributed by atoms with Crippen molar-refractivity contribution in [1.82, 2.24) is 10.1 Å². The number of aliphatic hydroxyl groups is 1. The summed E-state index contributed by atoms with van der Waals surface area (Å²) in [5, 5.41) is 14.4. The summed E-state index contributed by atoms with van der Waals surface area (Å²) in [6.07, 6.45) is 0.166.